The largest absolute Gasteiger partial charge is 0.372 e. The van der Waals surface area contributed by atoms with E-state index < -0.39 is 0 Å². The van der Waals surface area contributed by atoms with Gasteiger partial charge in [-0.2, -0.15) is 0 Å². The van der Waals surface area contributed by atoms with E-state index in [0.717, 1.165) is 19.5 Å². The summed E-state index contributed by atoms with van der Waals surface area (Å²) in [5.74, 6) is 0.0909. The Balaban J connectivity index is -0.000000136. The molecule has 0 atom stereocenters. The maximum atomic E-state index is 10.5. The summed E-state index contributed by atoms with van der Waals surface area (Å²) in [5.41, 5.74) is 0. The van der Waals surface area contributed by atoms with E-state index >= 15 is 0 Å². The van der Waals surface area contributed by atoms with Crippen LogP contribution in [-0.2, 0) is 9.53 Å². The lowest BCUT2D eigenvalue weighted by Gasteiger charge is -2.14. The van der Waals surface area contributed by atoms with E-state index in [2.05, 4.69) is 32.7 Å². The third-order valence-electron chi connectivity index (χ3n) is 1.53. The predicted octanol–water partition coefficient (Wildman–Crippen LogP) is 4.40. The maximum absolute atomic E-state index is 10.5. The summed E-state index contributed by atoms with van der Waals surface area (Å²) in [6.45, 7) is 18.8. The number of carbonyl (C=O) groups is 1. The highest BCUT2D eigenvalue weighted by Gasteiger charge is 1.96. The lowest BCUT2D eigenvalue weighted by molar-refractivity contribution is -0.121. The molecule has 19 heavy (non-hydrogen) atoms. The summed E-state index contributed by atoms with van der Waals surface area (Å²) in [5, 5.41) is 0. The molecule has 3 heteroatoms. The molecular formula is C16H39NO2. The highest BCUT2D eigenvalue weighted by Crippen LogP contribution is 1.86. The van der Waals surface area contributed by atoms with E-state index in [1.54, 1.807) is 0 Å². The Hall–Kier alpha value is -0.410. The van der Waals surface area contributed by atoms with Crippen LogP contribution in [0.3, 0.4) is 0 Å². The smallest absolute Gasteiger partial charge is 0.155 e. The van der Waals surface area contributed by atoms with Gasteiger partial charge in [-0.25, -0.2) is 0 Å². The summed E-state index contributed by atoms with van der Waals surface area (Å²) >= 11 is 0. The topological polar surface area (TPSA) is 29.5 Å². The molecule has 0 aliphatic heterocycles. The van der Waals surface area contributed by atoms with Crippen molar-refractivity contribution in [3.05, 3.63) is 0 Å². The van der Waals surface area contributed by atoms with Crippen molar-refractivity contribution in [2.45, 2.75) is 68.2 Å². The van der Waals surface area contributed by atoms with Crippen LogP contribution in [0, 0.1) is 0 Å². The van der Waals surface area contributed by atoms with E-state index in [0.29, 0.717) is 6.61 Å². The number of ether oxygens (including phenoxy) is 1. The second kappa shape index (κ2) is 30.5. The highest BCUT2D eigenvalue weighted by atomic mass is 16.5. The number of nitrogens with zero attached hydrogens (tertiary/aromatic N) is 1. The monoisotopic (exact) mass is 277 g/mol. The molecule has 0 N–H and O–H groups in total. The zero-order valence-corrected chi connectivity index (χ0v) is 15.0. The van der Waals surface area contributed by atoms with Gasteiger partial charge in [-0.1, -0.05) is 54.9 Å². The first-order chi connectivity index (χ1) is 9.08. The number of rotatable bonds is 7. The van der Waals surface area contributed by atoms with Gasteiger partial charge in [0.05, 0.1) is 6.61 Å². The van der Waals surface area contributed by atoms with Crippen LogP contribution >= 0.6 is 0 Å². The molecule has 0 aromatic heterocycles. The number of likely N-dealkylation sites (N-methyl/N-ethyl adjacent to an activating group) is 1. The van der Waals surface area contributed by atoms with Crippen molar-refractivity contribution < 1.29 is 9.53 Å². The first-order valence-electron chi connectivity index (χ1n) is 7.84. The molecule has 0 amide bonds. The summed E-state index contributed by atoms with van der Waals surface area (Å²) in [6, 6.07) is 0. The minimum Gasteiger partial charge on any atom is -0.372 e. The Morgan fingerprint density at radius 3 is 1.74 bits per heavy atom. The minimum atomic E-state index is 0.0909. The van der Waals surface area contributed by atoms with Gasteiger partial charge in [0.1, 0.15) is 6.61 Å². The molecule has 0 saturated heterocycles. The first kappa shape index (κ1) is 27.0. The van der Waals surface area contributed by atoms with Crippen molar-refractivity contribution in [3.63, 3.8) is 0 Å². The minimum absolute atomic E-state index is 0.0909. The molecule has 0 saturated carbocycles. The molecular weight excluding hydrogens is 238 g/mol. The van der Waals surface area contributed by atoms with E-state index in [9.17, 15) is 4.79 Å². The van der Waals surface area contributed by atoms with Gasteiger partial charge in [-0.15, -0.1) is 0 Å². The fraction of sp³-hybridized carbons (Fsp3) is 0.938. The molecule has 0 aromatic rings. The Morgan fingerprint density at radius 1 is 1.00 bits per heavy atom. The lowest BCUT2D eigenvalue weighted by atomic mass is 10.4. The average Bonchev–Trinajstić information content (AvgIpc) is 2.40. The lowest BCUT2D eigenvalue weighted by Crippen LogP contribution is -2.24. The Morgan fingerprint density at radius 2 is 1.42 bits per heavy atom. The first-order valence-corrected chi connectivity index (χ1v) is 7.84. The van der Waals surface area contributed by atoms with Crippen LogP contribution in [-0.4, -0.2) is 44.0 Å². The molecule has 0 heterocycles. The molecule has 0 spiro atoms. The van der Waals surface area contributed by atoms with Crippen LogP contribution in [0.15, 0.2) is 0 Å². The Labute approximate surface area is 122 Å². The SMILES string of the molecule is CC.CC.CCC.CCCN(C)CCOCC(C)=O. The molecule has 0 fully saturated rings. The van der Waals surface area contributed by atoms with Crippen molar-refractivity contribution >= 4 is 5.78 Å². The second-order valence-corrected chi connectivity index (χ2v) is 3.76. The van der Waals surface area contributed by atoms with Crippen LogP contribution in [0.2, 0.25) is 0 Å². The van der Waals surface area contributed by atoms with E-state index in [-0.39, 0.29) is 12.4 Å². The van der Waals surface area contributed by atoms with Gasteiger partial charge in [-0.05, 0) is 26.9 Å². The van der Waals surface area contributed by atoms with E-state index in [1.807, 2.05) is 27.7 Å². The van der Waals surface area contributed by atoms with E-state index in [4.69, 9.17) is 4.74 Å². The molecule has 0 aromatic carbocycles. The van der Waals surface area contributed by atoms with Crippen LogP contribution in [0.5, 0.6) is 0 Å². The van der Waals surface area contributed by atoms with Crippen LogP contribution < -0.4 is 0 Å². The maximum Gasteiger partial charge on any atom is 0.155 e. The van der Waals surface area contributed by atoms with Crippen molar-refractivity contribution in [1.29, 1.82) is 0 Å². The van der Waals surface area contributed by atoms with Crippen LogP contribution in [0.25, 0.3) is 0 Å². The third-order valence-corrected chi connectivity index (χ3v) is 1.53. The van der Waals surface area contributed by atoms with E-state index in [1.165, 1.54) is 13.3 Å². The molecule has 3 nitrogen and oxygen atoms in total. The molecule has 0 unspecified atom stereocenters. The second-order valence-electron chi connectivity index (χ2n) is 3.76. The summed E-state index contributed by atoms with van der Waals surface area (Å²) in [6.07, 6.45) is 2.41. The molecule has 0 aliphatic rings. The van der Waals surface area contributed by atoms with Gasteiger partial charge in [0, 0.05) is 6.54 Å². The Bertz CT molecular complexity index is 139. The molecule has 0 rings (SSSR count). The number of Topliss-reactive ketones (excluding diaryl/α,β-unsaturated/α-hetero) is 1. The van der Waals surface area contributed by atoms with Gasteiger partial charge in [0.15, 0.2) is 5.78 Å². The summed E-state index contributed by atoms with van der Waals surface area (Å²) in [4.78, 5) is 12.7. The van der Waals surface area contributed by atoms with Gasteiger partial charge in [0.2, 0.25) is 0 Å². The zero-order valence-electron chi connectivity index (χ0n) is 15.0. The Kier molecular flexibility index (Phi) is 43.4. The number of ketones is 1. The quantitative estimate of drug-likeness (QED) is 0.646. The predicted molar refractivity (Wildman–Crippen MR) is 87.9 cm³/mol. The van der Waals surface area contributed by atoms with Crippen LogP contribution in [0.1, 0.15) is 68.2 Å². The van der Waals surface area contributed by atoms with Gasteiger partial charge >= 0.3 is 0 Å². The fourth-order valence-electron chi connectivity index (χ4n) is 0.930. The van der Waals surface area contributed by atoms with Crippen molar-refractivity contribution in [2.75, 3.05) is 33.4 Å². The van der Waals surface area contributed by atoms with Gasteiger partial charge < -0.3 is 9.64 Å². The van der Waals surface area contributed by atoms with Crippen molar-refractivity contribution in [2.24, 2.45) is 0 Å². The highest BCUT2D eigenvalue weighted by molar-refractivity contribution is 5.76. The molecule has 120 valence electrons. The zero-order chi connectivity index (χ0) is 16.1. The molecule has 0 radical (unpaired) electrons. The van der Waals surface area contributed by atoms with Crippen molar-refractivity contribution in [1.82, 2.24) is 4.90 Å². The molecule has 0 bridgehead atoms. The molecule has 0 aliphatic carbocycles. The number of hydrogen-bond acceptors (Lipinski definition) is 3. The normalized spacial score (nSPS) is 8.32. The standard InChI is InChI=1S/C9H19NO2.C3H8.2C2H6/c1-4-5-10(3)6-7-12-8-9(2)11;1-3-2;2*1-2/h4-8H2,1-3H3;3H2,1-2H3;2*1-2H3. The number of carbonyl (C=O) groups excluding carboxylic acids is 1. The fourth-order valence-corrected chi connectivity index (χ4v) is 0.930. The number of hydrogen-bond donors (Lipinski definition) is 0. The average molecular weight is 277 g/mol. The summed E-state index contributed by atoms with van der Waals surface area (Å²) < 4.78 is 5.12. The van der Waals surface area contributed by atoms with Gasteiger partial charge in [0.25, 0.3) is 0 Å². The van der Waals surface area contributed by atoms with Crippen molar-refractivity contribution in [3.8, 4) is 0 Å². The third kappa shape index (κ3) is 46.5. The summed E-state index contributed by atoms with van der Waals surface area (Å²) in [7, 11) is 2.06. The van der Waals surface area contributed by atoms with Gasteiger partial charge in [-0.3, -0.25) is 4.79 Å². The van der Waals surface area contributed by atoms with Crippen LogP contribution in [0.4, 0.5) is 0 Å².